The standard InChI is InChI=1S/C20H16ClNO4/c1-2-25-20(24)22-17-11-10-13-6-3-4-9-16(13)18(17)26-19(23)14-7-5-8-15(21)12-14/h3-12H,2H2,1H3,(H,22,24). The first-order valence-electron chi connectivity index (χ1n) is 8.01. The van der Waals surface area contributed by atoms with Crippen molar-refractivity contribution in [3.05, 3.63) is 71.2 Å². The molecular weight excluding hydrogens is 354 g/mol. The quantitative estimate of drug-likeness (QED) is 0.502. The molecule has 0 unspecified atom stereocenters. The fraction of sp³-hybridized carbons (Fsp3) is 0.100. The van der Waals surface area contributed by atoms with E-state index in [4.69, 9.17) is 21.1 Å². The van der Waals surface area contributed by atoms with Crippen molar-refractivity contribution in [1.82, 2.24) is 0 Å². The molecule has 1 N–H and O–H groups in total. The monoisotopic (exact) mass is 369 g/mol. The Kier molecular flexibility index (Phi) is 5.39. The highest BCUT2D eigenvalue weighted by Gasteiger charge is 2.17. The normalized spacial score (nSPS) is 10.4. The van der Waals surface area contributed by atoms with Gasteiger partial charge >= 0.3 is 12.1 Å². The number of esters is 1. The van der Waals surface area contributed by atoms with Gasteiger partial charge in [0.1, 0.15) is 0 Å². The molecule has 3 aromatic rings. The second kappa shape index (κ2) is 7.89. The molecule has 3 aromatic carbocycles. The number of halogens is 1. The van der Waals surface area contributed by atoms with Crippen molar-refractivity contribution < 1.29 is 19.1 Å². The van der Waals surface area contributed by atoms with E-state index in [2.05, 4.69) is 5.32 Å². The van der Waals surface area contributed by atoms with E-state index >= 15 is 0 Å². The Morgan fingerprint density at radius 3 is 2.62 bits per heavy atom. The molecule has 0 bridgehead atoms. The number of anilines is 1. The summed E-state index contributed by atoms with van der Waals surface area (Å²) in [7, 11) is 0. The maximum Gasteiger partial charge on any atom is 0.411 e. The predicted octanol–water partition coefficient (Wildman–Crippen LogP) is 5.28. The lowest BCUT2D eigenvalue weighted by molar-refractivity contribution is 0.0737. The molecule has 0 atom stereocenters. The molecule has 0 fully saturated rings. The molecule has 0 aliphatic heterocycles. The van der Waals surface area contributed by atoms with Crippen LogP contribution in [0, 0.1) is 0 Å². The van der Waals surface area contributed by atoms with Crippen molar-refractivity contribution in [2.45, 2.75) is 6.92 Å². The van der Waals surface area contributed by atoms with Crippen LogP contribution < -0.4 is 10.1 Å². The van der Waals surface area contributed by atoms with Gasteiger partial charge in [-0.1, -0.05) is 48.0 Å². The third-order valence-corrected chi connectivity index (χ3v) is 3.88. The minimum Gasteiger partial charge on any atom is -0.450 e. The predicted molar refractivity (Wildman–Crippen MR) is 101 cm³/mol. The van der Waals surface area contributed by atoms with Gasteiger partial charge in [-0.15, -0.1) is 0 Å². The van der Waals surface area contributed by atoms with Crippen molar-refractivity contribution in [2.24, 2.45) is 0 Å². The van der Waals surface area contributed by atoms with Crippen LogP contribution in [0.15, 0.2) is 60.7 Å². The number of nitrogens with one attached hydrogen (secondary N) is 1. The molecule has 3 rings (SSSR count). The molecule has 0 aliphatic carbocycles. The van der Waals surface area contributed by atoms with Gasteiger partial charge in [-0.3, -0.25) is 5.32 Å². The zero-order valence-corrected chi connectivity index (χ0v) is 14.7. The number of hydrogen-bond donors (Lipinski definition) is 1. The molecule has 6 heteroatoms. The zero-order chi connectivity index (χ0) is 18.5. The number of amides is 1. The first-order chi connectivity index (χ1) is 12.6. The summed E-state index contributed by atoms with van der Waals surface area (Å²) >= 11 is 5.94. The Hall–Kier alpha value is -3.05. The first-order valence-corrected chi connectivity index (χ1v) is 8.39. The minimum absolute atomic E-state index is 0.233. The van der Waals surface area contributed by atoms with Gasteiger partial charge in [0.2, 0.25) is 0 Å². The summed E-state index contributed by atoms with van der Waals surface area (Å²) < 4.78 is 10.5. The van der Waals surface area contributed by atoms with Crippen LogP contribution in [0.2, 0.25) is 5.02 Å². The Morgan fingerprint density at radius 2 is 1.85 bits per heavy atom. The molecule has 132 valence electrons. The number of fused-ring (bicyclic) bond motifs is 1. The highest BCUT2D eigenvalue weighted by atomic mass is 35.5. The average Bonchev–Trinajstić information content (AvgIpc) is 2.63. The lowest BCUT2D eigenvalue weighted by Crippen LogP contribution is -2.16. The van der Waals surface area contributed by atoms with Gasteiger partial charge in [0.15, 0.2) is 5.75 Å². The number of benzene rings is 3. The Morgan fingerprint density at radius 1 is 1.04 bits per heavy atom. The average molecular weight is 370 g/mol. The van der Waals surface area contributed by atoms with Crippen LogP contribution in [0.5, 0.6) is 5.75 Å². The van der Waals surface area contributed by atoms with Crippen LogP contribution in [0.25, 0.3) is 10.8 Å². The highest BCUT2D eigenvalue weighted by molar-refractivity contribution is 6.30. The molecule has 0 saturated carbocycles. The Balaban J connectivity index is 2.01. The Bertz CT molecular complexity index is 971. The van der Waals surface area contributed by atoms with Crippen LogP contribution in [0.1, 0.15) is 17.3 Å². The van der Waals surface area contributed by atoms with E-state index in [0.717, 1.165) is 5.39 Å². The highest BCUT2D eigenvalue weighted by Crippen LogP contribution is 2.34. The minimum atomic E-state index is -0.622. The summed E-state index contributed by atoms with van der Waals surface area (Å²) in [5.41, 5.74) is 0.657. The number of carbonyl (C=O) groups excluding carboxylic acids is 2. The molecule has 0 saturated heterocycles. The van der Waals surface area contributed by atoms with Crippen LogP contribution in [0.4, 0.5) is 10.5 Å². The smallest absolute Gasteiger partial charge is 0.411 e. The molecule has 0 aliphatic rings. The van der Waals surface area contributed by atoms with E-state index in [-0.39, 0.29) is 12.4 Å². The molecule has 5 nitrogen and oxygen atoms in total. The Labute approximate surface area is 155 Å². The topological polar surface area (TPSA) is 64.6 Å². The van der Waals surface area contributed by atoms with Crippen molar-refractivity contribution in [3.8, 4) is 5.75 Å². The summed E-state index contributed by atoms with van der Waals surface area (Å²) in [6.45, 7) is 1.94. The molecule has 1 amide bonds. The second-order valence-electron chi connectivity index (χ2n) is 5.41. The van der Waals surface area contributed by atoms with Crippen LogP contribution in [0.3, 0.4) is 0 Å². The van der Waals surface area contributed by atoms with Gasteiger partial charge in [-0.2, -0.15) is 0 Å². The zero-order valence-electron chi connectivity index (χ0n) is 14.0. The molecule has 26 heavy (non-hydrogen) atoms. The van der Waals surface area contributed by atoms with Gasteiger partial charge in [-0.25, -0.2) is 9.59 Å². The number of carbonyl (C=O) groups is 2. The van der Waals surface area contributed by atoms with Crippen molar-refractivity contribution in [1.29, 1.82) is 0 Å². The third-order valence-electron chi connectivity index (χ3n) is 3.65. The maximum absolute atomic E-state index is 12.5. The number of ether oxygens (including phenoxy) is 2. The largest absolute Gasteiger partial charge is 0.450 e. The molecule has 0 spiro atoms. The van der Waals surface area contributed by atoms with Crippen molar-refractivity contribution >= 4 is 40.1 Å². The van der Waals surface area contributed by atoms with E-state index in [1.165, 1.54) is 6.07 Å². The lowest BCUT2D eigenvalue weighted by atomic mass is 10.1. The van der Waals surface area contributed by atoms with Crippen LogP contribution in [-0.4, -0.2) is 18.7 Å². The second-order valence-corrected chi connectivity index (χ2v) is 5.85. The summed E-state index contributed by atoms with van der Waals surface area (Å²) in [6, 6.07) is 17.4. The summed E-state index contributed by atoms with van der Waals surface area (Å²) in [5, 5.41) is 4.60. The van der Waals surface area contributed by atoms with Crippen molar-refractivity contribution in [3.63, 3.8) is 0 Å². The van der Waals surface area contributed by atoms with E-state index < -0.39 is 12.1 Å². The van der Waals surface area contributed by atoms with E-state index in [0.29, 0.717) is 21.7 Å². The third kappa shape index (κ3) is 3.95. The number of hydrogen-bond acceptors (Lipinski definition) is 4. The van der Waals surface area contributed by atoms with E-state index in [9.17, 15) is 9.59 Å². The lowest BCUT2D eigenvalue weighted by Gasteiger charge is -2.14. The van der Waals surface area contributed by atoms with Gasteiger partial charge < -0.3 is 9.47 Å². The molecule has 0 aromatic heterocycles. The fourth-order valence-electron chi connectivity index (χ4n) is 2.50. The van der Waals surface area contributed by atoms with Gasteiger partial charge in [0, 0.05) is 10.4 Å². The van der Waals surface area contributed by atoms with Crippen LogP contribution >= 0.6 is 11.6 Å². The number of rotatable bonds is 4. The van der Waals surface area contributed by atoms with Gasteiger partial charge in [0.05, 0.1) is 17.9 Å². The first kappa shape index (κ1) is 17.8. The van der Waals surface area contributed by atoms with Crippen LogP contribution in [-0.2, 0) is 4.74 Å². The molecule has 0 radical (unpaired) electrons. The fourth-order valence-corrected chi connectivity index (χ4v) is 2.69. The molecular formula is C20H16ClNO4. The summed E-state index contributed by atoms with van der Waals surface area (Å²) in [5.74, 6) is -0.322. The van der Waals surface area contributed by atoms with E-state index in [1.807, 2.05) is 30.3 Å². The SMILES string of the molecule is CCOC(=O)Nc1ccc2ccccc2c1OC(=O)c1cccc(Cl)c1. The van der Waals surface area contributed by atoms with Gasteiger partial charge in [0.25, 0.3) is 0 Å². The van der Waals surface area contributed by atoms with Gasteiger partial charge in [-0.05, 0) is 36.6 Å². The van der Waals surface area contributed by atoms with E-state index in [1.54, 1.807) is 31.2 Å². The molecule has 0 heterocycles. The maximum atomic E-state index is 12.5. The van der Waals surface area contributed by atoms with Crippen molar-refractivity contribution in [2.75, 3.05) is 11.9 Å². The summed E-state index contributed by atoms with van der Waals surface area (Å²) in [6.07, 6.45) is -0.622. The summed E-state index contributed by atoms with van der Waals surface area (Å²) in [4.78, 5) is 24.4.